The van der Waals surface area contributed by atoms with Gasteiger partial charge in [0.25, 0.3) is 0 Å². The van der Waals surface area contributed by atoms with E-state index in [1.165, 1.54) is 21.9 Å². The molecule has 0 aliphatic carbocycles. The molecular weight excluding hydrogens is 234 g/mol. The predicted molar refractivity (Wildman–Crippen MR) is 78.3 cm³/mol. The molecule has 3 rings (SSSR count). The van der Waals surface area contributed by atoms with E-state index in [0.717, 1.165) is 5.76 Å². The van der Waals surface area contributed by atoms with Gasteiger partial charge in [0.15, 0.2) is 0 Å². The lowest BCUT2D eigenvalue weighted by atomic mass is 9.93. The van der Waals surface area contributed by atoms with Crippen molar-refractivity contribution < 1.29 is 4.42 Å². The third kappa shape index (κ3) is 2.04. The second-order valence-electron chi connectivity index (χ2n) is 4.75. The van der Waals surface area contributed by atoms with Crippen molar-refractivity contribution >= 4 is 10.8 Å². The minimum absolute atomic E-state index is 0.0844. The highest BCUT2D eigenvalue weighted by atomic mass is 16.3. The maximum absolute atomic E-state index is 5.58. The van der Waals surface area contributed by atoms with Crippen LogP contribution in [0.2, 0.25) is 0 Å². The molecule has 0 amide bonds. The van der Waals surface area contributed by atoms with Gasteiger partial charge < -0.3 is 9.73 Å². The summed E-state index contributed by atoms with van der Waals surface area (Å²) < 4.78 is 5.58. The summed E-state index contributed by atoms with van der Waals surface area (Å²) in [5, 5.41) is 5.90. The molecule has 3 aromatic rings. The van der Waals surface area contributed by atoms with E-state index in [0.29, 0.717) is 0 Å². The molecule has 2 aromatic carbocycles. The van der Waals surface area contributed by atoms with Gasteiger partial charge in [-0.15, -0.1) is 0 Å². The van der Waals surface area contributed by atoms with Crippen LogP contribution in [0.3, 0.4) is 0 Å². The lowest BCUT2D eigenvalue weighted by Crippen LogP contribution is -2.18. The van der Waals surface area contributed by atoms with Crippen LogP contribution in [-0.4, -0.2) is 7.05 Å². The zero-order valence-corrected chi connectivity index (χ0v) is 11.2. The number of hydrogen-bond donors (Lipinski definition) is 1. The lowest BCUT2D eigenvalue weighted by Gasteiger charge is -2.19. The number of fused-ring (bicyclic) bond motifs is 1. The Labute approximate surface area is 113 Å². The predicted octanol–water partition coefficient (Wildman–Crippen LogP) is 4.05. The standard InChI is InChI=1S/C17H17NO/c1-12-9-10-13-6-3-4-7-14(13)16(12)17(18-2)15-8-5-11-19-15/h3-11,17-18H,1-2H3. The Kier molecular flexibility index (Phi) is 3.10. The van der Waals surface area contributed by atoms with Crippen LogP contribution in [0.1, 0.15) is 22.9 Å². The van der Waals surface area contributed by atoms with Crippen LogP contribution in [0.4, 0.5) is 0 Å². The van der Waals surface area contributed by atoms with Crippen LogP contribution in [0, 0.1) is 6.92 Å². The van der Waals surface area contributed by atoms with Crippen molar-refractivity contribution in [1.82, 2.24) is 5.32 Å². The maximum atomic E-state index is 5.58. The van der Waals surface area contributed by atoms with Gasteiger partial charge >= 0.3 is 0 Å². The van der Waals surface area contributed by atoms with E-state index in [2.05, 4.69) is 48.6 Å². The monoisotopic (exact) mass is 251 g/mol. The molecule has 0 spiro atoms. The summed E-state index contributed by atoms with van der Waals surface area (Å²) in [6, 6.07) is 16.8. The van der Waals surface area contributed by atoms with E-state index in [1.807, 2.05) is 19.2 Å². The van der Waals surface area contributed by atoms with E-state index in [-0.39, 0.29) is 6.04 Å². The number of nitrogens with one attached hydrogen (secondary N) is 1. The van der Waals surface area contributed by atoms with E-state index >= 15 is 0 Å². The molecule has 1 aromatic heterocycles. The highest BCUT2D eigenvalue weighted by Crippen LogP contribution is 2.31. The molecule has 2 nitrogen and oxygen atoms in total. The molecular formula is C17H17NO. The third-order valence-electron chi connectivity index (χ3n) is 3.59. The zero-order chi connectivity index (χ0) is 13.2. The van der Waals surface area contributed by atoms with Gasteiger partial charge in [-0.2, -0.15) is 0 Å². The molecule has 1 unspecified atom stereocenters. The third-order valence-corrected chi connectivity index (χ3v) is 3.59. The summed E-state index contributed by atoms with van der Waals surface area (Å²) in [5.74, 6) is 0.946. The summed E-state index contributed by atoms with van der Waals surface area (Å²) in [4.78, 5) is 0. The Morgan fingerprint density at radius 3 is 2.58 bits per heavy atom. The summed E-state index contributed by atoms with van der Waals surface area (Å²) in [7, 11) is 1.97. The second-order valence-corrected chi connectivity index (χ2v) is 4.75. The fourth-order valence-electron chi connectivity index (χ4n) is 2.67. The Bertz CT molecular complexity index is 686. The van der Waals surface area contributed by atoms with E-state index in [4.69, 9.17) is 4.42 Å². The van der Waals surface area contributed by atoms with Gasteiger partial charge in [-0.05, 0) is 48.0 Å². The molecule has 96 valence electrons. The van der Waals surface area contributed by atoms with Gasteiger partial charge in [-0.3, -0.25) is 0 Å². The smallest absolute Gasteiger partial charge is 0.125 e. The maximum Gasteiger partial charge on any atom is 0.125 e. The van der Waals surface area contributed by atoms with Crippen LogP contribution in [0.15, 0.2) is 59.2 Å². The van der Waals surface area contributed by atoms with Crippen molar-refractivity contribution in [1.29, 1.82) is 0 Å². The van der Waals surface area contributed by atoms with Gasteiger partial charge in [0, 0.05) is 0 Å². The summed E-state index contributed by atoms with van der Waals surface area (Å²) in [5.41, 5.74) is 2.56. The molecule has 0 saturated heterocycles. The fourth-order valence-corrected chi connectivity index (χ4v) is 2.67. The molecule has 0 bridgehead atoms. The first kappa shape index (κ1) is 12.0. The summed E-state index contributed by atoms with van der Waals surface area (Å²) >= 11 is 0. The zero-order valence-electron chi connectivity index (χ0n) is 11.2. The highest BCUT2D eigenvalue weighted by Gasteiger charge is 2.19. The van der Waals surface area contributed by atoms with Crippen molar-refractivity contribution in [3.63, 3.8) is 0 Å². The first-order chi connectivity index (χ1) is 9.31. The Morgan fingerprint density at radius 1 is 1.00 bits per heavy atom. The van der Waals surface area contributed by atoms with Crippen molar-refractivity contribution in [2.24, 2.45) is 0 Å². The molecule has 0 aliphatic heterocycles. The van der Waals surface area contributed by atoms with Gasteiger partial charge in [-0.25, -0.2) is 0 Å². The van der Waals surface area contributed by atoms with Crippen LogP contribution < -0.4 is 5.32 Å². The van der Waals surface area contributed by atoms with Gasteiger partial charge in [0.1, 0.15) is 5.76 Å². The van der Waals surface area contributed by atoms with Crippen LogP contribution in [0.25, 0.3) is 10.8 Å². The number of furan rings is 1. The summed E-state index contributed by atoms with van der Waals surface area (Å²) in [6.45, 7) is 2.15. The average molecular weight is 251 g/mol. The van der Waals surface area contributed by atoms with Crippen molar-refractivity contribution in [3.05, 3.63) is 71.7 Å². The van der Waals surface area contributed by atoms with Crippen molar-refractivity contribution in [2.45, 2.75) is 13.0 Å². The van der Waals surface area contributed by atoms with Crippen LogP contribution >= 0.6 is 0 Å². The van der Waals surface area contributed by atoms with Crippen molar-refractivity contribution in [3.8, 4) is 0 Å². The molecule has 0 fully saturated rings. The first-order valence-electron chi connectivity index (χ1n) is 6.50. The van der Waals surface area contributed by atoms with Gasteiger partial charge in [0.05, 0.1) is 12.3 Å². The lowest BCUT2D eigenvalue weighted by molar-refractivity contribution is 0.464. The second kappa shape index (κ2) is 4.90. The molecule has 1 atom stereocenters. The molecule has 0 radical (unpaired) electrons. The Hall–Kier alpha value is -2.06. The van der Waals surface area contributed by atoms with Gasteiger partial charge in [0.2, 0.25) is 0 Å². The molecule has 1 N–H and O–H groups in total. The first-order valence-corrected chi connectivity index (χ1v) is 6.50. The highest BCUT2D eigenvalue weighted by molar-refractivity contribution is 5.87. The van der Waals surface area contributed by atoms with E-state index in [9.17, 15) is 0 Å². The van der Waals surface area contributed by atoms with E-state index in [1.54, 1.807) is 6.26 Å². The van der Waals surface area contributed by atoms with Crippen LogP contribution in [0.5, 0.6) is 0 Å². The topological polar surface area (TPSA) is 25.2 Å². The van der Waals surface area contributed by atoms with Gasteiger partial charge in [-0.1, -0.05) is 36.4 Å². The summed E-state index contributed by atoms with van der Waals surface area (Å²) in [6.07, 6.45) is 1.72. The minimum Gasteiger partial charge on any atom is -0.467 e. The molecule has 2 heteroatoms. The van der Waals surface area contributed by atoms with E-state index < -0.39 is 0 Å². The number of rotatable bonds is 3. The van der Waals surface area contributed by atoms with Crippen molar-refractivity contribution in [2.75, 3.05) is 7.05 Å². The average Bonchev–Trinajstić information content (AvgIpc) is 2.96. The number of hydrogen-bond acceptors (Lipinski definition) is 2. The quantitative estimate of drug-likeness (QED) is 0.759. The fraction of sp³-hybridized carbons (Fsp3) is 0.176. The molecule has 0 saturated carbocycles. The largest absolute Gasteiger partial charge is 0.467 e. The Morgan fingerprint density at radius 2 is 1.84 bits per heavy atom. The Balaban J connectivity index is 2.25. The minimum atomic E-state index is 0.0844. The van der Waals surface area contributed by atoms with Crippen LogP contribution in [-0.2, 0) is 0 Å². The molecule has 1 heterocycles. The normalized spacial score (nSPS) is 12.7. The SMILES string of the molecule is CNC(c1ccco1)c1c(C)ccc2ccccc12. The molecule has 19 heavy (non-hydrogen) atoms. The molecule has 0 aliphatic rings. The number of aryl methyl sites for hydroxylation is 1. The number of benzene rings is 2.